The maximum absolute atomic E-state index is 9.65. The predicted octanol–water partition coefficient (Wildman–Crippen LogP) is 1.87. The van der Waals surface area contributed by atoms with Gasteiger partial charge in [-0.2, -0.15) is 4.89 Å². The van der Waals surface area contributed by atoms with Crippen LogP contribution in [0.25, 0.3) is 0 Å². The third-order valence-corrected chi connectivity index (χ3v) is 0.837. The van der Waals surface area contributed by atoms with Crippen LogP contribution in [0.3, 0.4) is 0 Å². The minimum atomic E-state index is -0.332. The minimum absolute atomic E-state index is 0.332. The highest BCUT2D eigenvalue weighted by molar-refractivity contribution is 5.02. The topological polar surface area (TPSA) is 29.1 Å². The lowest BCUT2D eigenvalue weighted by Crippen LogP contribution is -1.97. The van der Waals surface area contributed by atoms with Crippen molar-refractivity contribution in [3.8, 4) is 0 Å². The van der Waals surface area contributed by atoms with E-state index in [2.05, 4.69) is 4.89 Å². The molecule has 0 aliphatic carbocycles. The van der Waals surface area contributed by atoms with Gasteiger partial charge in [-0.15, -0.1) is 0 Å². The molecule has 0 aromatic heterocycles. The first-order valence-corrected chi connectivity index (χ1v) is 2.89. The van der Waals surface area contributed by atoms with Crippen molar-refractivity contribution in [2.75, 3.05) is 0 Å². The molecule has 0 amide bonds. The van der Waals surface area contributed by atoms with Gasteiger partial charge in [-0.3, -0.25) is 0 Å². The van der Waals surface area contributed by atoms with E-state index in [1.54, 1.807) is 19.1 Å². The quantitative estimate of drug-likeness (QED) is 0.323. The van der Waals surface area contributed by atoms with E-state index in [1.165, 1.54) is 0 Å². The minimum Gasteiger partial charge on any atom is -0.197 e. The molecule has 1 atom stereocenters. The lowest BCUT2D eigenvalue weighted by molar-refractivity contribution is -0.320. The maximum Gasteiger partial charge on any atom is 0.112 e. The van der Waals surface area contributed by atoms with Crippen LogP contribution in [0.5, 0.6) is 0 Å². The van der Waals surface area contributed by atoms with Crippen LogP contribution in [0.1, 0.15) is 13.8 Å². The molecule has 0 N–H and O–H groups in total. The number of hydrogen-bond acceptors (Lipinski definition) is 1. The van der Waals surface area contributed by atoms with Crippen molar-refractivity contribution in [3.63, 3.8) is 0 Å². The lowest BCUT2D eigenvalue weighted by atomic mass is 10.3. The molecule has 2 heteroatoms. The molecule has 0 heterocycles. The van der Waals surface area contributed by atoms with Gasteiger partial charge in [0.25, 0.3) is 0 Å². The summed E-state index contributed by atoms with van der Waals surface area (Å²) in [5.74, 6) is 0. The molecule has 2 nitrogen and oxygen atoms in total. The van der Waals surface area contributed by atoms with Crippen LogP contribution in [0.2, 0.25) is 0 Å². The number of hydrogen-bond donors (Lipinski definition) is 0. The van der Waals surface area contributed by atoms with Crippen molar-refractivity contribution in [3.05, 3.63) is 24.3 Å². The summed E-state index contributed by atoms with van der Waals surface area (Å²) in [6, 6.07) is 0. The van der Waals surface area contributed by atoms with E-state index in [9.17, 15) is 5.26 Å². The molecule has 0 aliphatic heterocycles. The second-order valence-electron chi connectivity index (χ2n) is 1.71. The van der Waals surface area contributed by atoms with Crippen molar-refractivity contribution in [1.82, 2.24) is 0 Å². The second kappa shape index (κ2) is 5.54. The Morgan fingerprint density at radius 3 is 2.56 bits per heavy atom. The van der Waals surface area contributed by atoms with Gasteiger partial charge in [-0.25, -0.2) is 0 Å². The normalized spacial score (nSPS) is 15.4. The van der Waals surface area contributed by atoms with E-state index < -0.39 is 0 Å². The highest BCUT2D eigenvalue weighted by Crippen LogP contribution is 1.89. The van der Waals surface area contributed by atoms with Crippen molar-refractivity contribution in [2.45, 2.75) is 20.0 Å². The van der Waals surface area contributed by atoms with E-state index in [0.717, 1.165) is 0 Å². The van der Waals surface area contributed by atoms with Gasteiger partial charge in [0, 0.05) is 0 Å². The summed E-state index contributed by atoms with van der Waals surface area (Å²) >= 11 is 0. The standard InChI is InChI=1S/C7H11O2/c1-3-4-5-6-7(2)9-8/h3-7H,1-2H3. The zero-order chi connectivity index (χ0) is 7.11. The molecule has 0 saturated heterocycles. The molecule has 0 aromatic rings. The molecule has 9 heavy (non-hydrogen) atoms. The predicted molar refractivity (Wildman–Crippen MR) is 35.2 cm³/mol. The first-order chi connectivity index (χ1) is 4.31. The van der Waals surface area contributed by atoms with Gasteiger partial charge in [0.05, 0.1) is 0 Å². The first kappa shape index (κ1) is 8.40. The van der Waals surface area contributed by atoms with Gasteiger partial charge in [0.1, 0.15) is 6.10 Å². The Labute approximate surface area is 55.4 Å². The van der Waals surface area contributed by atoms with E-state index >= 15 is 0 Å². The summed E-state index contributed by atoms with van der Waals surface area (Å²) in [5.41, 5.74) is 0. The van der Waals surface area contributed by atoms with Crippen LogP contribution in [0, 0.1) is 0 Å². The Balaban J connectivity index is 3.43. The van der Waals surface area contributed by atoms with Gasteiger partial charge in [0.15, 0.2) is 0 Å². The van der Waals surface area contributed by atoms with Crippen molar-refractivity contribution < 1.29 is 10.1 Å². The van der Waals surface area contributed by atoms with E-state index in [1.807, 2.05) is 19.1 Å². The van der Waals surface area contributed by atoms with Gasteiger partial charge in [-0.1, -0.05) is 24.3 Å². The fourth-order valence-electron chi connectivity index (χ4n) is 0.364. The third-order valence-electron chi connectivity index (χ3n) is 0.837. The third kappa shape index (κ3) is 5.27. The Morgan fingerprint density at radius 2 is 2.11 bits per heavy atom. The Hall–Kier alpha value is -0.600. The van der Waals surface area contributed by atoms with Crippen LogP contribution in [0.4, 0.5) is 0 Å². The summed E-state index contributed by atoms with van der Waals surface area (Å²) in [6.07, 6.45) is 6.86. The van der Waals surface area contributed by atoms with Crippen molar-refractivity contribution in [2.24, 2.45) is 0 Å². The van der Waals surface area contributed by atoms with Crippen LogP contribution in [-0.2, 0) is 10.1 Å². The maximum atomic E-state index is 9.65. The largest absolute Gasteiger partial charge is 0.197 e. The molecule has 0 spiro atoms. The van der Waals surface area contributed by atoms with Crippen molar-refractivity contribution >= 4 is 0 Å². The highest BCUT2D eigenvalue weighted by Gasteiger charge is 1.90. The molecule has 1 radical (unpaired) electrons. The zero-order valence-corrected chi connectivity index (χ0v) is 5.70. The zero-order valence-electron chi connectivity index (χ0n) is 5.70. The average Bonchev–Trinajstić information content (AvgIpc) is 1.89. The van der Waals surface area contributed by atoms with Gasteiger partial charge in [0.2, 0.25) is 0 Å². The molecular weight excluding hydrogens is 116 g/mol. The molecule has 0 saturated carbocycles. The SMILES string of the molecule is CC=CC=CC(C)O[O]. The molecular formula is C7H11O2. The summed E-state index contributed by atoms with van der Waals surface area (Å²) in [7, 11) is 0. The summed E-state index contributed by atoms with van der Waals surface area (Å²) in [4.78, 5) is 3.73. The highest BCUT2D eigenvalue weighted by atomic mass is 17.1. The molecule has 1 unspecified atom stereocenters. The average molecular weight is 127 g/mol. The Kier molecular flexibility index (Phi) is 5.17. The molecule has 51 valence electrons. The molecule has 0 fully saturated rings. The fourth-order valence-corrected chi connectivity index (χ4v) is 0.364. The van der Waals surface area contributed by atoms with Crippen molar-refractivity contribution in [1.29, 1.82) is 0 Å². The van der Waals surface area contributed by atoms with Gasteiger partial charge < -0.3 is 0 Å². The molecule has 0 aliphatic rings. The monoisotopic (exact) mass is 127 g/mol. The van der Waals surface area contributed by atoms with E-state index in [4.69, 9.17) is 0 Å². The smallest absolute Gasteiger partial charge is 0.112 e. The fraction of sp³-hybridized carbons (Fsp3) is 0.429. The van der Waals surface area contributed by atoms with Gasteiger partial charge >= 0.3 is 0 Å². The molecule has 0 aromatic carbocycles. The summed E-state index contributed by atoms with van der Waals surface area (Å²) < 4.78 is 0. The molecule has 0 rings (SSSR count). The summed E-state index contributed by atoms with van der Waals surface area (Å²) in [6.45, 7) is 3.60. The summed E-state index contributed by atoms with van der Waals surface area (Å²) in [5, 5.41) is 9.65. The number of rotatable bonds is 3. The second-order valence-corrected chi connectivity index (χ2v) is 1.71. The van der Waals surface area contributed by atoms with E-state index in [0.29, 0.717) is 0 Å². The van der Waals surface area contributed by atoms with Crippen LogP contribution >= 0.6 is 0 Å². The van der Waals surface area contributed by atoms with Crippen LogP contribution in [0.15, 0.2) is 24.3 Å². The van der Waals surface area contributed by atoms with Gasteiger partial charge in [-0.05, 0) is 19.1 Å². The van der Waals surface area contributed by atoms with Crippen LogP contribution in [-0.4, -0.2) is 6.10 Å². The Morgan fingerprint density at radius 1 is 1.44 bits per heavy atom. The number of allylic oxidation sites excluding steroid dienone is 3. The first-order valence-electron chi connectivity index (χ1n) is 2.89. The van der Waals surface area contributed by atoms with E-state index in [-0.39, 0.29) is 6.10 Å². The van der Waals surface area contributed by atoms with Crippen LogP contribution < -0.4 is 0 Å². The Bertz CT molecular complexity index is 105. The molecule has 0 bridgehead atoms. The lowest BCUT2D eigenvalue weighted by Gasteiger charge is -1.93.